The minimum Gasteiger partial charge on any atom is -0.198 e. The molecule has 0 bridgehead atoms. The summed E-state index contributed by atoms with van der Waals surface area (Å²) in [7, 11) is 0. The van der Waals surface area contributed by atoms with Gasteiger partial charge in [-0.05, 0) is 41.4 Å². The standard InChI is InChI=1S/C16H23N3/c1-11-6-7-13(16(3,4)5)9-15(11)12(2)8-14-10-17-19-18-14/h6-7,9-10,12H,8H2,1-5H3,(H,17,18,19). The molecule has 1 atom stereocenters. The quantitative estimate of drug-likeness (QED) is 0.909. The van der Waals surface area contributed by atoms with Crippen LogP contribution in [0.1, 0.15) is 56.0 Å². The summed E-state index contributed by atoms with van der Waals surface area (Å²) in [5.74, 6) is 0.451. The van der Waals surface area contributed by atoms with E-state index < -0.39 is 0 Å². The molecule has 0 radical (unpaired) electrons. The third-order valence-corrected chi connectivity index (χ3v) is 3.66. The Balaban J connectivity index is 2.28. The number of aromatic amines is 1. The Hall–Kier alpha value is -1.64. The van der Waals surface area contributed by atoms with Gasteiger partial charge in [0, 0.05) is 0 Å². The van der Waals surface area contributed by atoms with E-state index in [0.29, 0.717) is 5.92 Å². The predicted molar refractivity (Wildman–Crippen MR) is 78.4 cm³/mol. The number of H-pyrrole nitrogens is 1. The van der Waals surface area contributed by atoms with Gasteiger partial charge in [-0.15, -0.1) is 0 Å². The van der Waals surface area contributed by atoms with E-state index in [-0.39, 0.29) is 5.41 Å². The maximum absolute atomic E-state index is 4.15. The fourth-order valence-corrected chi connectivity index (χ4v) is 2.39. The number of benzene rings is 1. The third-order valence-electron chi connectivity index (χ3n) is 3.66. The van der Waals surface area contributed by atoms with Crippen LogP contribution in [0.5, 0.6) is 0 Å². The number of hydrogen-bond acceptors (Lipinski definition) is 2. The van der Waals surface area contributed by atoms with Crippen molar-refractivity contribution in [2.24, 2.45) is 0 Å². The molecule has 3 heteroatoms. The van der Waals surface area contributed by atoms with Crippen LogP contribution in [0.2, 0.25) is 0 Å². The minimum absolute atomic E-state index is 0.191. The van der Waals surface area contributed by atoms with Crippen molar-refractivity contribution in [3.8, 4) is 0 Å². The first-order valence-electron chi connectivity index (χ1n) is 6.83. The Labute approximate surface area is 115 Å². The fraction of sp³-hybridized carbons (Fsp3) is 0.500. The van der Waals surface area contributed by atoms with Gasteiger partial charge in [-0.1, -0.05) is 45.9 Å². The molecule has 1 aromatic heterocycles. The van der Waals surface area contributed by atoms with Crippen LogP contribution < -0.4 is 0 Å². The van der Waals surface area contributed by atoms with E-state index >= 15 is 0 Å². The van der Waals surface area contributed by atoms with E-state index in [1.807, 2.05) is 0 Å². The molecule has 0 aliphatic rings. The van der Waals surface area contributed by atoms with Gasteiger partial charge in [-0.2, -0.15) is 15.4 Å². The van der Waals surface area contributed by atoms with Crippen LogP contribution in [-0.2, 0) is 11.8 Å². The first kappa shape index (κ1) is 13.8. The van der Waals surface area contributed by atoms with Crippen LogP contribution in [-0.4, -0.2) is 15.4 Å². The Morgan fingerprint density at radius 1 is 1.26 bits per heavy atom. The number of aryl methyl sites for hydroxylation is 1. The first-order valence-corrected chi connectivity index (χ1v) is 6.83. The number of rotatable bonds is 3. The monoisotopic (exact) mass is 257 g/mol. The molecule has 0 saturated heterocycles. The van der Waals surface area contributed by atoms with Crippen molar-refractivity contribution in [3.05, 3.63) is 46.8 Å². The summed E-state index contributed by atoms with van der Waals surface area (Å²) < 4.78 is 0. The van der Waals surface area contributed by atoms with Crippen LogP contribution in [0, 0.1) is 6.92 Å². The van der Waals surface area contributed by atoms with Gasteiger partial charge in [0.25, 0.3) is 0 Å². The Morgan fingerprint density at radius 3 is 2.58 bits per heavy atom. The Kier molecular flexibility index (Phi) is 3.74. The van der Waals surface area contributed by atoms with Gasteiger partial charge in [0.05, 0.1) is 11.9 Å². The normalized spacial score (nSPS) is 13.5. The van der Waals surface area contributed by atoms with Crippen molar-refractivity contribution in [1.29, 1.82) is 0 Å². The molecule has 1 unspecified atom stereocenters. The molecule has 0 amide bonds. The Morgan fingerprint density at radius 2 is 2.00 bits per heavy atom. The van der Waals surface area contributed by atoms with Crippen molar-refractivity contribution >= 4 is 0 Å². The second-order valence-corrected chi connectivity index (χ2v) is 6.39. The van der Waals surface area contributed by atoms with Crippen LogP contribution in [0.25, 0.3) is 0 Å². The van der Waals surface area contributed by atoms with E-state index in [2.05, 4.69) is 68.2 Å². The van der Waals surface area contributed by atoms with Crippen molar-refractivity contribution < 1.29 is 0 Å². The maximum atomic E-state index is 4.15. The van der Waals surface area contributed by atoms with Crippen molar-refractivity contribution in [2.75, 3.05) is 0 Å². The third kappa shape index (κ3) is 3.22. The number of aromatic nitrogens is 3. The minimum atomic E-state index is 0.191. The zero-order valence-corrected chi connectivity index (χ0v) is 12.5. The van der Waals surface area contributed by atoms with Gasteiger partial charge in [-0.25, -0.2) is 0 Å². The highest BCUT2D eigenvalue weighted by molar-refractivity contribution is 5.37. The summed E-state index contributed by atoms with van der Waals surface area (Å²) >= 11 is 0. The number of nitrogens with one attached hydrogen (secondary N) is 1. The molecule has 1 aromatic carbocycles. The van der Waals surface area contributed by atoms with Gasteiger partial charge in [-0.3, -0.25) is 0 Å². The lowest BCUT2D eigenvalue weighted by molar-refractivity contribution is 0.587. The first-order chi connectivity index (χ1) is 8.88. The summed E-state index contributed by atoms with van der Waals surface area (Å²) in [4.78, 5) is 0. The summed E-state index contributed by atoms with van der Waals surface area (Å²) in [6, 6.07) is 6.82. The van der Waals surface area contributed by atoms with Gasteiger partial charge >= 0.3 is 0 Å². The maximum Gasteiger partial charge on any atom is 0.0830 e. The molecule has 19 heavy (non-hydrogen) atoms. The molecule has 0 saturated carbocycles. The van der Waals surface area contributed by atoms with Crippen molar-refractivity contribution in [1.82, 2.24) is 15.4 Å². The van der Waals surface area contributed by atoms with E-state index in [1.54, 1.807) is 6.20 Å². The molecule has 0 aliphatic heterocycles. The molecule has 1 N–H and O–H groups in total. The highest BCUT2D eigenvalue weighted by Gasteiger charge is 2.17. The molecular weight excluding hydrogens is 234 g/mol. The molecule has 0 fully saturated rings. The summed E-state index contributed by atoms with van der Waals surface area (Å²) in [5, 5.41) is 10.7. The van der Waals surface area contributed by atoms with Crippen molar-refractivity contribution in [3.63, 3.8) is 0 Å². The predicted octanol–water partition coefficient (Wildman–Crippen LogP) is 3.76. The fourth-order valence-electron chi connectivity index (χ4n) is 2.39. The van der Waals surface area contributed by atoms with E-state index in [9.17, 15) is 0 Å². The van der Waals surface area contributed by atoms with Crippen LogP contribution in [0.4, 0.5) is 0 Å². The highest BCUT2D eigenvalue weighted by atomic mass is 15.3. The molecule has 102 valence electrons. The molecule has 0 spiro atoms. The molecule has 1 heterocycles. The van der Waals surface area contributed by atoms with Crippen molar-refractivity contribution in [2.45, 2.75) is 52.4 Å². The van der Waals surface area contributed by atoms with Crippen LogP contribution in [0.3, 0.4) is 0 Å². The topological polar surface area (TPSA) is 41.6 Å². The van der Waals surface area contributed by atoms with E-state index in [4.69, 9.17) is 0 Å². The molecule has 2 rings (SSSR count). The van der Waals surface area contributed by atoms with Crippen LogP contribution in [0.15, 0.2) is 24.4 Å². The lowest BCUT2D eigenvalue weighted by Gasteiger charge is -2.22. The average Bonchev–Trinajstić information content (AvgIpc) is 2.80. The average molecular weight is 257 g/mol. The molecular formula is C16H23N3. The SMILES string of the molecule is Cc1ccc(C(C)(C)C)cc1C(C)Cc1cn[nH]n1. The molecule has 0 aliphatic carbocycles. The molecule has 2 aromatic rings. The lowest BCUT2D eigenvalue weighted by Crippen LogP contribution is -2.12. The lowest BCUT2D eigenvalue weighted by atomic mass is 9.82. The summed E-state index contributed by atoms with van der Waals surface area (Å²) in [6.45, 7) is 11.2. The van der Waals surface area contributed by atoms with E-state index in [0.717, 1.165) is 12.1 Å². The van der Waals surface area contributed by atoms with Gasteiger partial charge < -0.3 is 0 Å². The van der Waals surface area contributed by atoms with Gasteiger partial charge in [0.2, 0.25) is 0 Å². The number of hydrogen-bond donors (Lipinski definition) is 1. The second kappa shape index (κ2) is 5.16. The van der Waals surface area contributed by atoms with Crippen LogP contribution >= 0.6 is 0 Å². The largest absolute Gasteiger partial charge is 0.198 e. The zero-order chi connectivity index (χ0) is 14.0. The Bertz CT molecular complexity index is 536. The summed E-state index contributed by atoms with van der Waals surface area (Å²) in [5.41, 5.74) is 5.36. The zero-order valence-electron chi connectivity index (χ0n) is 12.5. The number of nitrogens with zero attached hydrogens (tertiary/aromatic N) is 2. The summed E-state index contributed by atoms with van der Waals surface area (Å²) in [6.07, 6.45) is 2.73. The van der Waals surface area contributed by atoms with Gasteiger partial charge in [0.15, 0.2) is 0 Å². The highest BCUT2D eigenvalue weighted by Crippen LogP contribution is 2.29. The smallest absolute Gasteiger partial charge is 0.0830 e. The molecule has 3 nitrogen and oxygen atoms in total. The van der Waals surface area contributed by atoms with Gasteiger partial charge in [0.1, 0.15) is 0 Å². The van der Waals surface area contributed by atoms with E-state index in [1.165, 1.54) is 16.7 Å². The second-order valence-electron chi connectivity index (χ2n) is 6.39.